The number of aromatic nitrogens is 2. The van der Waals surface area contributed by atoms with Crippen LogP contribution in [0, 0.1) is 0 Å². The molecule has 5 rings (SSSR count). The second-order valence-corrected chi connectivity index (χ2v) is 10.5. The van der Waals surface area contributed by atoms with E-state index in [1.165, 1.54) is 17.5 Å². The number of fused-ring (bicyclic) bond motifs is 2. The van der Waals surface area contributed by atoms with Crippen molar-refractivity contribution in [3.05, 3.63) is 82.6 Å². The van der Waals surface area contributed by atoms with Gasteiger partial charge in [-0.05, 0) is 36.2 Å². The first-order valence-electron chi connectivity index (χ1n) is 11.0. The highest BCUT2D eigenvalue weighted by molar-refractivity contribution is 7.89. The molecule has 184 valence electrons. The van der Waals surface area contributed by atoms with Gasteiger partial charge in [0.25, 0.3) is 0 Å². The van der Waals surface area contributed by atoms with Crippen molar-refractivity contribution in [2.75, 3.05) is 19.0 Å². The van der Waals surface area contributed by atoms with Crippen LogP contribution in [0.2, 0.25) is 5.02 Å². The van der Waals surface area contributed by atoms with E-state index < -0.39 is 16.0 Å². The van der Waals surface area contributed by atoms with Gasteiger partial charge < -0.3 is 15.2 Å². The molecule has 0 radical (unpaired) electrons. The minimum atomic E-state index is -4.08. The molecule has 0 amide bonds. The maximum Gasteiger partial charge on any atom is 0.339 e. The molecule has 0 spiro atoms. The number of carboxylic acid groups (broad SMARTS) is 1. The molecule has 0 unspecified atom stereocenters. The molecule has 2 N–H and O–H groups in total. The zero-order valence-corrected chi connectivity index (χ0v) is 20.7. The summed E-state index contributed by atoms with van der Waals surface area (Å²) in [6, 6.07) is 13.8. The molecule has 0 saturated carbocycles. The Hall–Kier alpha value is -3.73. The molecule has 4 aromatic rings. The van der Waals surface area contributed by atoms with Crippen LogP contribution in [0.1, 0.15) is 21.5 Å². The summed E-state index contributed by atoms with van der Waals surface area (Å²) in [6.07, 6.45) is 3.76. The van der Waals surface area contributed by atoms with Gasteiger partial charge in [-0.15, -0.1) is 0 Å². The van der Waals surface area contributed by atoms with Crippen LogP contribution in [-0.2, 0) is 23.0 Å². The number of nitrogens with zero attached hydrogens (tertiary/aromatic N) is 3. The molecule has 9 nitrogen and oxygen atoms in total. The third-order valence-corrected chi connectivity index (χ3v) is 8.38. The first kappa shape index (κ1) is 24.0. The van der Waals surface area contributed by atoms with Crippen LogP contribution >= 0.6 is 11.6 Å². The fourth-order valence-electron chi connectivity index (χ4n) is 4.26. The molecule has 0 saturated heterocycles. The topological polar surface area (TPSA) is 122 Å². The highest BCUT2D eigenvalue weighted by Crippen LogP contribution is 2.35. The molecule has 1 aliphatic rings. The van der Waals surface area contributed by atoms with Crippen molar-refractivity contribution in [1.82, 2.24) is 14.3 Å². The quantitative estimate of drug-likeness (QED) is 0.378. The number of anilines is 2. The van der Waals surface area contributed by atoms with E-state index >= 15 is 0 Å². The maximum absolute atomic E-state index is 13.5. The van der Waals surface area contributed by atoms with Crippen molar-refractivity contribution >= 4 is 50.0 Å². The molecular weight excluding hydrogens is 504 g/mol. The molecule has 2 aromatic heterocycles. The standard InChI is InChI=1S/C25H21ClN4O5S/c1-35-22-12-20(26)23(11-19(22)25(31)32)36(33,34)30-9-7-18-16(14-30)6-8-27-24(18)29-17-10-15-4-2-3-5-21(15)28-13-17/h2-6,8,10-13H,7,9,14H2,1H3,(H,27,29)(H,31,32). The van der Waals surface area contributed by atoms with Crippen molar-refractivity contribution in [3.8, 4) is 5.75 Å². The fourth-order valence-corrected chi connectivity index (χ4v) is 6.20. The van der Waals surface area contributed by atoms with Crippen LogP contribution in [0.15, 0.2) is 65.8 Å². The smallest absolute Gasteiger partial charge is 0.339 e. The summed E-state index contributed by atoms with van der Waals surface area (Å²) in [6.45, 7) is 0.270. The fraction of sp³-hybridized carbons (Fsp3) is 0.160. The number of pyridine rings is 2. The van der Waals surface area contributed by atoms with E-state index in [0.717, 1.165) is 33.8 Å². The van der Waals surface area contributed by atoms with E-state index in [-0.39, 0.29) is 34.3 Å². The Morgan fingerprint density at radius 3 is 2.75 bits per heavy atom. The molecule has 36 heavy (non-hydrogen) atoms. The van der Waals surface area contributed by atoms with Crippen LogP contribution in [-0.4, -0.2) is 47.4 Å². The minimum absolute atomic E-state index is 0.0135. The normalized spacial score (nSPS) is 13.8. The Morgan fingerprint density at radius 2 is 1.97 bits per heavy atom. The lowest BCUT2D eigenvalue weighted by molar-refractivity contribution is 0.0693. The number of rotatable bonds is 6. The Morgan fingerprint density at radius 1 is 1.17 bits per heavy atom. The van der Waals surface area contributed by atoms with Gasteiger partial charge in [0.15, 0.2) is 0 Å². The Bertz CT molecular complexity index is 1610. The number of benzene rings is 2. The first-order valence-corrected chi connectivity index (χ1v) is 12.8. The largest absolute Gasteiger partial charge is 0.496 e. The molecule has 0 bridgehead atoms. The summed E-state index contributed by atoms with van der Waals surface area (Å²) in [5.74, 6) is -0.688. The average Bonchev–Trinajstić information content (AvgIpc) is 2.88. The lowest BCUT2D eigenvalue weighted by Crippen LogP contribution is -2.36. The maximum atomic E-state index is 13.5. The number of carboxylic acids is 1. The highest BCUT2D eigenvalue weighted by Gasteiger charge is 2.32. The third kappa shape index (κ3) is 4.34. The second kappa shape index (κ2) is 9.38. The van der Waals surface area contributed by atoms with Crippen LogP contribution in [0.4, 0.5) is 11.5 Å². The SMILES string of the molecule is COc1cc(Cl)c(S(=O)(=O)N2CCc3c(ccnc3Nc3cnc4ccccc4c3)C2)cc1C(=O)O. The number of methoxy groups -OCH3 is 1. The number of carbonyl (C=O) groups is 1. The van der Waals surface area contributed by atoms with E-state index in [2.05, 4.69) is 15.3 Å². The number of hydrogen-bond acceptors (Lipinski definition) is 7. The summed E-state index contributed by atoms with van der Waals surface area (Å²) >= 11 is 6.24. The Balaban J connectivity index is 1.44. The molecule has 0 atom stereocenters. The van der Waals surface area contributed by atoms with E-state index in [4.69, 9.17) is 16.3 Å². The lowest BCUT2D eigenvalue weighted by atomic mass is 10.0. The predicted octanol–water partition coefficient (Wildman–Crippen LogP) is 4.48. The van der Waals surface area contributed by atoms with Gasteiger partial charge in [-0.1, -0.05) is 29.8 Å². The van der Waals surface area contributed by atoms with Crippen LogP contribution in [0.25, 0.3) is 10.9 Å². The van der Waals surface area contributed by atoms with Crippen molar-refractivity contribution in [3.63, 3.8) is 0 Å². The Labute approximate surface area is 212 Å². The van der Waals surface area contributed by atoms with Crippen LogP contribution in [0.5, 0.6) is 5.75 Å². The van der Waals surface area contributed by atoms with Crippen molar-refractivity contribution in [1.29, 1.82) is 0 Å². The zero-order valence-electron chi connectivity index (χ0n) is 19.1. The molecule has 1 aliphatic heterocycles. The number of aromatic carboxylic acids is 1. The highest BCUT2D eigenvalue weighted by atomic mass is 35.5. The van der Waals surface area contributed by atoms with Crippen molar-refractivity contribution < 1.29 is 23.1 Å². The summed E-state index contributed by atoms with van der Waals surface area (Å²) in [5.41, 5.74) is 3.08. The predicted molar refractivity (Wildman–Crippen MR) is 136 cm³/mol. The van der Waals surface area contributed by atoms with E-state index in [1.807, 2.05) is 30.3 Å². The molecule has 0 fully saturated rings. The van der Waals surface area contributed by atoms with Gasteiger partial charge in [-0.3, -0.25) is 4.98 Å². The number of nitrogens with one attached hydrogen (secondary N) is 1. The molecular formula is C25H21ClN4O5S. The van der Waals surface area contributed by atoms with E-state index in [0.29, 0.717) is 12.2 Å². The summed E-state index contributed by atoms with van der Waals surface area (Å²) in [5, 5.41) is 13.7. The summed E-state index contributed by atoms with van der Waals surface area (Å²) in [4.78, 5) is 20.3. The summed E-state index contributed by atoms with van der Waals surface area (Å²) < 4.78 is 33.3. The van der Waals surface area contributed by atoms with E-state index in [9.17, 15) is 18.3 Å². The van der Waals surface area contributed by atoms with E-state index in [1.54, 1.807) is 18.5 Å². The molecule has 11 heteroatoms. The number of hydrogen-bond donors (Lipinski definition) is 2. The molecule has 0 aliphatic carbocycles. The van der Waals surface area contributed by atoms with Gasteiger partial charge in [0.05, 0.1) is 29.5 Å². The van der Waals surface area contributed by atoms with Crippen LogP contribution in [0.3, 0.4) is 0 Å². The van der Waals surface area contributed by atoms with Gasteiger partial charge in [0.2, 0.25) is 10.0 Å². The average molecular weight is 525 g/mol. The zero-order chi connectivity index (χ0) is 25.4. The Kier molecular flexibility index (Phi) is 6.25. The minimum Gasteiger partial charge on any atom is -0.496 e. The van der Waals surface area contributed by atoms with Crippen LogP contribution < -0.4 is 10.1 Å². The van der Waals surface area contributed by atoms with Gasteiger partial charge in [-0.25, -0.2) is 18.2 Å². The van der Waals surface area contributed by atoms with Gasteiger partial charge in [-0.2, -0.15) is 4.31 Å². The number of sulfonamides is 1. The van der Waals surface area contributed by atoms with Crippen molar-refractivity contribution in [2.24, 2.45) is 0 Å². The van der Waals surface area contributed by atoms with Gasteiger partial charge in [0.1, 0.15) is 22.0 Å². The first-order chi connectivity index (χ1) is 17.3. The number of ether oxygens (including phenoxy) is 1. The molecule has 2 aromatic carbocycles. The van der Waals surface area contributed by atoms with Gasteiger partial charge in [0, 0.05) is 36.3 Å². The lowest BCUT2D eigenvalue weighted by Gasteiger charge is -2.29. The third-order valence-electron chi connectivity index (χ3n) is 6.07. The number of para-hydroxylation sites is 1. The molecule has 3 heterocycles. The second-order valence-electron chi connectivity index (χ2n) is 8.22. The summed E-state index contributed by atoms with van der Waals surface area (Å²) in [7, 11) is -2.79. The van der Waals surface area contributed by atoms with Gasteiger partial charge >= 0.3 is 5.97 Å². The monoisotopic (exact) mass is 524 g/mol. The number of halogens is 1. The van der Waals surface area contributed by atoms with Crippen molar-refractivity contribution in [2.45, 2.75) is 17.9 Å².